The topological polar surface area (TPSA) is 149 Å². The molecule has 0 aromatic rings. The minimum absolute atomic E-state index is 0.212. The van der Waals surface area contributed by atoms with Crippen LogP contribution in [0.2, 0.25) is 0 Å². The van der Waals surface area contributed by atoms with Crippen LogP contribution < -0.4 is 0 Å². The van der Waals surface area contributed by atoms with Crippen molar-refractivity contribution in [2.24, 2.45) is 0 Å². The Morgan fingerprint density at radius 3 is 1.21 bits per heavy atom. The summed E-state index contributed by atoms with van der Waals surface area (Å²) in [5, 5.41) is 51.6. The van der Waals surface area contributed by atoms with E-state index in [0.29, 0.717) is 19.8 Å². The highest BCUT2D eigenvalue weighted by Gasteiger charge is 2.01. The molecule has 3 atom stereocenters. The Balaban J connectivity index is -0.000000426. The van der Waals surface area contributed by atoms with Gasteiger partial charge in [0.1, 0.15) is 18.3 Å². The van der Waals surface area contributed by atoms with Gasteiger partial charge in [-0.3, -0.25) is 0 Å². The molecule has 0 rings (SSSR count). The molecule has 6 N–H and O–H groups in total. The first-order valence-electron chi connectivity index (χ1n) is 12.5. The lowest BCUT2D eigenvalue weighted by Gasteiger charge is -2.07. The highest BCUT2D eigenvalue weighted by molar-refractivity contribution is 4.50. The number of unbranched alkanes of at least 4 members (excludes halogenated alkanes) is 7. The van der Waals surface area contributed by atoms with E-state index < -0.39 is 18.3 Å². The first-order chi connectivity index (χ1) is 15.9. The number of aliphatic hydroxyl groups excluding tert-OH is 6. The molecule has 0 aromatic carbocycles. The number of ether oxygens (including phenoxy) is 3. The van der Waals surface area contributed by atoms with Crippen molar-refractivity contribution in [2.75, 3.05) is 59.5 Å². The molecule has 0 aliphatic rings. The molecule has 0 aliphatic heterocycles. The Hall–Kier alpha value is -0.360. The van der Waals surface area contributed by atoms with Crippen molar-refractivity contribution in [3.8, 4) is 0 Å². The Labute approximate surface area is 201 Å². The predicted molar refractivity (Wildman–Crippen MR) is 130 cm³/mol. The third-order valence-corrected chi connectivity index (χ3v) is 4.30. The molecule has 0 saturated heterocycles. The minimum atomic E-state index is -0.713. The van der Waals surface area contributed by atoms with E-state index in [0.717, 1.165) is 19.3 Å². The van der Waals surface area contributed by atoms with Gasteiger partial charge in [0.25, 0.3) is 0 Å². The van der Waals surface area contributed by atoms with Gasteiger partial charge in [0.15, 0.2) is 0 Å². The summed E-state index contributed by atoms with van der Waals surface area (Å²) in [5.74, 6) is 0. The van der Waals surface area contributed by atoms with E-state index in [-0.39, 0.29) is 39.6 Å². The Morgan fingerprint density at radius 1 is 0.485 bits per heavy atom. The second-order valence-electron chi connectivity index (χ2n) is 7.79. The lowest BCUT2D eigenvalue weighted by Crippen LogP contribution is -2.19. The van der Waals surface area contributed by atoms with E-state index in [1.54, 1.807) is 0 Å². The summed E-state index contributed by atoms with van der Waals surface area (Å²) >= 11 is 0. The molecule has 0 amide bonds. The summed E-state index contributed by atoms with van der Waals surface area (Å²) in [7, 11) is 0. The molecule has 9 nitrogen and oxygen atoms in total. The molecule has 0 heterocycles. The van der Waals surface area contributed by atoms with E-state index in [9.17, 15) is 0 Å². The van der Waals surface area contributed by atoms with Crippen molar-refractivity contribution in [3.63, 3.8) is 0 Å². The van der Waals surface area contributed by atoms with E-state index >= 15 is 0 Å². The summed E-state index contributed by atoms with van der Waals surface area (Å²) < 4.78 is 15.0. The fraction of sp³-hybridized carbons (Fsp3) is 1.00. The summed E-state index contributed by atoms with van der Waals surface area (Å²) in [6.45, 7) is 8.22. The van der Waals surface area contributed by atoms with Crippen molar-refractivity contribution in [1.29, 1.82) is 0 Å². The first-order valence-corrected chi connectivity index (χ1v) is 12.5. The van der Waals surface area contributed by atoms with Gasteiger partial charge < -0.3 is 44.8 Å². The van der Waals surface area contributed by atoms with Crippen LogP contribution in [0.3, 0.4) is 0 Å². The van der Waals surface area contributed by atoms with Crippen LogP contribution >= 0.6 is 0 Å². The number of hydrogen-bond acceptors (Lipinski definition) is 9. The van der Waals surface area contributed by atoms with Crippen LogP contribution in [-0.2, 0) is 14.2 Å². The molecule has 0 aromatic heterocycles. The van der Waals surface area contributed by atoms with Gasteiger partial charge in [-0.05, 0) is 19.8 Å². The van der Waals surface area contributed by atoms with Crippen molar-refractivity contribution >= 4 is 0 Å². The third kappa shape index (κ3) is 39.2. The summed E-state index contributed by atoms with van der Waals surface area (Å²) in [5.41, 5.74) is 0. The highest BCUT2D eigenvalue weighted by Crippen LogP contribution is 2.04. The van der Waals surface area contributed by atoms with Crippen molar-refractivity contribution < 1.29 is 44.8 Å². The van der Waals surface area contributed by atoms with E-state index in [2.05, 4.69) is 13.8 Å². The quantitative estimate of drug-likeness (QED) is 0.133. The van der Waals surface area contributed by atoms with Crippen LogP contribution in [0, 0.1) is 0 Å². The minimum Gasteiger partial charge on any atom is -0.394 e. The van der Waals surface area contributed by atoms with Gasteiger partial charge in [0, 0.05) is 19.8 Å². The Bertz CT molecular complexity index is 322. The molecule has 0 spiro atoms. The summed E-state index contributed by atoms with van der Waals surface area (Å²) in [6.07, 6.45) is 8.69. The zero-order valence-corrected chi connectivity index (χ0v) is 21.4. The summed E-state index contributed by atoms with van der Waals surface area (Å²) in [4.78, 5) is 0. The first kappa shape index (κ1) is 37.2. The van der Waals surface area contributed by atoms with Crippen LogP contribution in [0.25, 0.3) is 0 Å². The average Bonchev–Trinajstić information content (AvgIpc) is 2.84. The standard InChI is InChI=1S/C11H24O3.C8H18O3.C5H12O3/c1-2-3-4-5-6-7-8-14-10-11(13)9-12;1-2-3-4-5-11-7-8(10)6-9;1-2-8-4-5(7)3-6/h11-13H,2-10H2,1H3;8-10H,2-7H2,1H3;5-7H,2-4H2,1H3. The van der Waals surface area contributed by atoms with Gasteiger partial charge in [-0.15, -0.1) is 0 Å². The van der Waals surface area contributed by atoms with Crippen molar-refractivity contribution in [3.05, 3.63) is 0 Å². The lowest BCUT2D eigenvalue weighted by atomic mass is 10.1. The zero-order chi connectivity index (χ0) is 25.6. The van der Waals surface area contributed by atoms with Gasteiger partial charge in [0.2, 0.25) is 0 Å². The Morgan fingerprint density at radius 2 is 0.818 bits per heavy atom. The highest BCUT2D eigenvalue weighted by atomic mass is 16.5. The van der Waals surface area contributed by atoms with Crippen LogP contribution in [0.1, 0.15) is 78.6 Å². The zero-order valence-electron chi connectivity index (χ0n) is 21.4. The number of hydrogen-bond donors (Lipinski definition) is 6. The van der Waals surface area contributed by atoms with E-state index in [4.69, 9.17) is 44.8 Å². The maximum absolute atomic E-state index is 8.96. The molecule has 9 heteroatoms. The van der Waals surface area contributed by atoms with Crippen LogP contribution in [0.4, 0.5) is 0 Å². The second-order valence-corrected chi connectivity index (χ2v) is 7.79. The smallest absolute Gasteiger partial charge is 0.100 e. The van der Waals surface area contributed by atoms with Crippen molar-refractivity contribution in [1.82, 2.24) is 0 Å². The molecule has 33 heavy (non-hydrogen) atoms. The van der Waals surface area contributed by atoms with Gasteiger partial charge in [0.05, 0.1) is 39.6 Å². The fourth-order valence-corrected chi connectivity index (χ4v) is 2.29. The maximum atomic E-state index is 8.96. The molecule has 0 bridgehead atoms. The van der Waals surface area contributed by atoms with E-state index in [1.165, 1.54) is 38.5 Å². The third-order valence-electron chi connectivity index (χ3n) is 4.30. The maximum Gasteiger partial charge on any atom is 0.100 e. The van der Waals surface area contributed by atoms with Gasteiger partial charge >= 0.3 is 0 Å². The number of aliphatic hydroxyl groups is 6. The fourth-order valence-electron chi connectivity index (χ4n) is 2.29. The molecular formula is C24H54O9. The molecule has 0 saturated carbocycles. The largest absolute Gasteiger partial charge is 0.394 e. The molecular weight excluding hydrogens is 432 g/mol. The predicted octanol–water partition coefficient (Wildman–Crippen LogP) is 1.64. The number of rotatable bonds is 21. The Kier molecular flexibility index (Phi) is 38.1. The normalized spacial score (nSPS) is 13.4. The van der Waals surface area contributed by atoms with Crippen LogP contribution in [-0.4, -0.2) is 108 Å². The van der Waals surface area contributed by atoms with Gasteiger partial charge in [-0.25, -0.2) is 0 Å². The lowest BCUT2D eigenvalue weighted by molar-refractivity contribution is 0.00526. The van der Waals surface area contributed by atoms with E-state index in [1.807, 2.05) is 6.92 Å². The summed E-state index contributed by atoms with van der Waals surface area (Å²) in [6, 6.07) is 0. The average molecular weight is 487 g/mol. The van der Waals surface area contributed by atoms with Crippen molar-refractivity contribution in [2.45, 2.75) is 96.9 Å². The molecule has 3 unspecified atom stereocenters. The van der Waals surface area contributed by atoms with Gasteiger partial charge in [-0.2, -0.15) is 0 Å². The van der Waals surface area contributed by atoms with Crippen LogP contribution in [0.5, 0.6) is 0 Å². The molecule has 204 valence electrons. The SMILES string of the molecule is CCCCCCCCOCC(O)CO.CCCCCOCC(O)CO.CCOCC(O)CO. The second kappa shape index (κ2) is 33.8. The van der Waals surface area contributed by atoms with Crippen LogP contribution in [0.15, 0.2) is 0 Å². The molecule has 0 radical (unpaired) electrons. The molecule has 0 fully saturated rings. The molecule has 0 aliphatic carbocycles. The monoisotopic (exact) mass is 486 g/mol. The van der Waals surface area contributed by atoms with Gasteiger partial charge in [-0.1, -0.05) is 58.8 Å².